The molecule has 10 heavy (non-hydrogen) atoms. The van der Waals surface area contributed by atoms with Crippen molar-refractivity contribution in [1.82, 2.24) is 5.32 Å². The van der Waals surface area contributed by atoms with E-state index in [9.17, 15) is 9.70 Å². The zero-order valence-electron chi connectivity index (χ0n) is 5.83. The Bertz CT molecular complexity index is 143. The Kier molecular flexibility index (Phi) is 5.47. The molecule has 56 valence electrons. The highest BCUT2D eigenvalue weighted by Crippen LogP contribution is 1.71. The standard InChI is InChI=1S/C6H10N2O2/c1-6(9)5-7-3-2-4-8-10/h2,4,7H,3,5H2,1H3. The molecule has 0 aromatic rings. The molecule has 0 atom stereocenters. The first-order chi connectivity index (χ1) is 4.77. The Hall–Kier alpha value is -1.03. The number of carbonyl (C=O) groups is 1. The summed E-state index contributed by atoms with van der Waals surface area (Å²) in [6, 6.07) is 0. The van der Waals surface area contributed by atoms with E-state index in [4.69, 9.17) is 0 Å². The van der Waals surface area contributed by atoms with Crippen LogP contribution in [0.3, 0.4) is 0 Å². The van der Waals surface area contributed by atoms with Gasteiger partial charge in [0, 0.05) is 6.54 Å². The van der Waals surface area contributed by atoms with E-state index >= 15 is 0 Å². The molecule has 0 aliphatic heterocycles. The zero-order chi connectivity index (χ0) is 7.82. The van der Waals surface area contributed by atoms with Crippen LogP contribution in [0.15, 0.2) is 17.5 Å². The first-order valence-corrected chi connectivity index (χ1v) is 2.95. The molecule has 0 saturated carbocycles. The fourth-order valence-corrected chi connectivity index (χ4v) is 0.427. The summed E-state index contributed by atoms with van der Waals surface area (Å²) >= 11 is 0. The molecule has 0 bridgehead atoms. The largest absolute Gasteiger partial charge is 0.306 e. The van der Waals surface area contributed by atoms with Gasteiger partial charge in [-0.25, -0.2) is 0 Å². The van der Waals surface area contributed by atoms with Crippen LogP contribution in [-0.2, 0) is 4.79 Å². The SMILES string of the molecule is CC(=O)CNCC=CN=O. The number of Topliss-reactive ketones (excluding diaryl/α,β-unsaturated/α-hetero) is 1. The van der Waals surface area contributed by atoms with Crippen molar-refractivity contribution in [3.63, 3.8) is 0 Å². The molecule has 4 heteroatoms. The quantitative estimate of drug-likeness (QED) is 0.447. The molecule has 0 aromatic carbocycles. The molecule has 0 saturated heterocycles. The maximum absolute atomic E-state index is 10.3. The fourth-order valence-electron chi connectivity index (χ4n) is 0.427. The van der Waals surface area contributed by atoms with Crippen LogP contribution >= 0.6 is 0 Å². The zero-order valence-corrected chi connectivity index (χ0v) is 5.83. The van der Waals surface area contributed by atoms with Crippen LogP contribution in [0.5, 0.6) is 0 Å². The van der Waals surface area contributed by atoms with Gasteiger partial charge in [-0.05, 0) is 18.2 Å². The van der Waals surface area contributed by atoms with Gasteiger partial charge in [0.1, 0.15) is 5.78 Å². The van der Waals surface area contributed by atoms with Crippen LogP contribution in [-0.4, -0.2) is 18.9 Å². The Morgan fingerprint density at radius 3 is 2.90 bits per heavy atom. The van der Waals surface area contributed by atoms with Gasteiger partial charge in [-0.1, -0.05) is 0 Å². The number of hydrogen-bond donors (Lipinski definition) is 1. The lowest BCUT2D eigenvalue weighted by molar-refractivity contribution is -0.116. The average Bonchev–Trinajstić information content (AvgIpc) is 1.87. The second-order valence-corrected chi connectivity index (χ2v) is 1.82. The Labute approximate surface area is 59.3 Å². The molecule has 0 amide bonds. The van der Waals surface area contributed by atoms with Crippen molar-refractivity contribution in [2.24, 2.45) is 5.18 Å². The Morgan fingerprint density at radius 2 is 2.40 bits per heavy atom. The Balaban J connectivity index is 3.12. The normalized spacial score (nSPS) is 10.1. The second kappa shape index (κ2) is 6.10. The van der Waals surface area contributed by atoms with E-state index in [0.29, 0.717) is 13.1 Å². The second-order valence-electron chi connectivity index (χ2n) is 1.82. The minimum Gasteiger partial charge on any atom is -0.306 e. The molecule has 0 heterocycles. The van der Waals surface area contributed by atoms with Crippen molar-refractivity contribution in [3.05, 3.63) is 17.2 Å². The van der Waals surface area contributed by atoms with Crippen molar-refractivity contribution in [3.8, 4) is 0 Å². The molecule has 0 spiro atoms. The molecule has 0 aliphatic carbocycles. The molecule has 0 fully saturated rings. The molecule has 1 N–H and O–H groups in total. The highest BCUT2D eigenvalue weighted by atomic mass is 16.2. The summed E-state index contributed by atoms with van der Waals surface area (Å²) in [5, 5.41) is 5.28. The summed E-state index contributed by atoms with van der Waals surface area (Å²) in [6.45, 7) is 2.34. The minimum absolute atomic E-state index is 0.0764. The monoisotopic (exact) mass is 142 g/mol. The van der Waals surface area contributed by atoms with Crippen molar-refractivity contribution in [1.29, 1.82) is 0 Å². The third-order valence-electron chi connectivity index (χ3n) is 0.802. The first kappa shape index (κ1) is 8.97. The van der Waals surface area contributed by atoms with Gasteiger partial charge in [-0.15, -0.1) is 4.91 Å². The fraction of sp³-hybridized carbons (Fsp3) is 0.500. The van der Waals surface area contributed by atoms with Gasteiger partial charge in [-0.3, -0.25) is 4.79 Å². The third kappa shape index (κ3) is 6.97. The van der Waals surface area contributed by atoms with Gasteiger partial charge >= 0.3 is 0 Å². The van der Waals surface area contributed by atoms with Gasteiger partial charge in [0.25, 0.3) is 0 Å². The van der Waals surface area contributed by atoms with E-state index in [-0.39, 0.29) is 5.78 Å². The molecule has 0 aromatic heterocycles. The van der Waals surface area contributed by atoms with Crippen molar-refractivity contribution in [2.45, 2.75) is 6.92 Å². The molecule has 0 unspecified atom stereocenters. The summed E-state index contributed by atoms with van der Waals surface area (Å²) in [6.07, 6.45) is 2.70. The third-order valence-corrected chi connectivity index (χ3v) is 0.802. The summed E-state index contributed by atoms with van der Waals surface area (Å²) in [4.78, 5) is 19.8. The predicted octanol–water partition coefficient (Wildman–Crippen LogP) is 0.445. The van der Waals surface area contributed by atoms with Gasteiger partial charge in [0.2, 0.25) is 0 Å². The number of nitroso groups, excluding NO2 is 1. The highest BCUT2D eigenvalue weighted by molar-refractivity contribution is 5.77. The maximum atomic E-state index is 10.3. The van der Waals surface area contributed by atoms with Crippen molar-refractivity contribution < 1.29 is 4.79 Å². The smallest absolute Gasteiger partial charge is 0.143 e. The molecule has 0 aliphatic rings. The van der Waals surface area contributed by atoms with Gasteiger partial charge < -0.3 is 5.32 Å². The topological polar surface area (TPSA) is 58.5 Å². The van der Waals surface area contributed by atoms with Gasteiger partial charge in [0.15, 0.2) is 0 Å². The number of ketones is 1. The average molecular weight is 142 g/mol. The van der Waals surface area contributed by atoms with Crippen LogP contribution in [0.25, 0.3) is 0 Å². The van der Waals surface area contributed by atoms with E-state index in [0.717, 1.165) is 6.20 Å². The molecule has 0 rings (SSSR count). The summed E-state index contributed by atoms with van der Waals surface area (Å²) < 4.78 is 0. The van der Waals surface area contributed by atoms with E-state index in [1.54, 1.807) is 6.08 Å². The van der Waals surface area contributed by atoms with E-state index in [1.807, 2.05) is 0 Å². The van der Waals surface area contributed by atoms with Crippen LogP contribution in [0.1, 0.15) is 6.92 Å². The van der Waals surface area contributed by atoms with Crippen LogP contribution < -0.4 is 5.32 Å². The summed E-state index contributed by atoms with van der Waals surface area (Å²) in [7, 11) is 0. The lowest BCUT2D eigenvalue weighted by Crippen LogP contribution is -2.20. The number of nitrogens with one attached hydrogen (secondary N) is 1. The van der Waals surface area contributed by atoms with E-state index in [1.165, 1.54) is 6.92 Å². The molecule has 4 nitrogen and oxygen atoms in total. The molecular formula is C6H10N2O2. The number of nitrogens with zero attached hydrogens (tertiary/aromatic N) is 1. The lowest BCUT2D eigenvalue weighted by atomic mass is 10.4. The minimum atomic E-state index is 0.0764. The van der Waals surface area contributed by atoms with Crippen molar-refractivity contribution >= 4 is 5.78 Å². The summed E-state index contributed by atoms with van der Waals surface area (Å²) in [5.74, 6) is 0.0764. The predicted molar refractivity (Wildman–Crippen MR) is 38.5 cm³/mol. The van der Waals surface area contributed by atoms with Crippen LogP contribution in [0.2, 0.25) is 0 Å². The number of rotatable bonds is 5. The number of hydrogen-bond acceptors (Lipinski definition) is 4. The number of carbonyl (C=O) groups excluding carboxylic acids is 1. The van der Waals surface area contributed by atoms with Crippen LogP contribution in [0.4, 0.5) is 0 Å². The first-order valence-electron chi connectivity index (χ1n) is 2.95. The lowest BCUT2D eigenvalue weighted by Gasteiger charge is -1.93. The highest BCUT2D eigenvalue weighted by Gasteiger charge is 1.87. The molecule has 0 radical (unpaired) electrons. The van der Waals surface area contributed by atoms with Gasteiger partial charge in [-0.2, -0.15) is 0 Å². The van der Waals surface area contributed by atoms with Gasteiger partial charge in [0.05, 0.1) is 12.7 Å². The van der Waals surface area contributed by atoms with E-state index in [2.05, 4.69) is 10.5 Å². The summed E-state index contributed by atoms with van der Waals surface area (Å²) in [5.41, 5.74) is 0. The Morgan fingerprint density at radius 1 is 1.70 bits per heavy atom. The van der Waals surface area contributed by atoms with E-state index < -0.39 is 0 Å². The molecular weight excluding hydrogens is 132 g/mol. The van der Waals surface area contributed by atoms with Crippen LogP contribution in [0, 0.1) is 4.91 Å². The van der Waals surface area contributed by atoms with Crippen molar-refractivity contribution in [2.75, 3.05) is 13.1 Å². The maximum Gasteiger partial charge on any atom is 0.143 e.